The van der Waals surface area contributed by atoms with Gasteiger partial charge in [-0.25, -0.2) is 4.79 Å². The van der Waals surface area contributed by atoms with E-state index in [0.29, 0.717) is 11.5 Å². The Labute approximate surface area is 162 Å². The lowest BCUT2D eigenvalue weighted by atomic mass is 10.2. The van der Waals surface area contributed by atoms with E-state index >= 15 is 0 Å². The molecule has 8 nitrogen and oxygen atoms in total. The molecule has 0 saturated heterocycles. The Morgan fingerprint density at radius 1 is 1.08 bits per heavy atom. The van der Waals surface area contributed by atoms with Gasteiger partial charge in [-0.3, -0.25) is 4.79 Å². The summed E-state index contributed by atoms with van der Waals surface area (Å²) in [5.41, 5.74) is 1.43. The van der Waals surface area contributed by atoms with Crippen molar-refractivity contribution in [3.8, 4) is 11.4 Å². The van der Waals surface area contributed by atoms with E-state index in [9.17, 15) is 9.59 Å². The van der Waals surface area contributed by atoms with Crippen LogP contribution in [0.1, 0.15) is 0 Å². The Balaban J connectivity index is 1.47. The first kappa shape index (κ1) is 18.0. The predicted octanol–water partition coefficient (Wildman–Crippen LogP) is 2.13. The zero-order valence-electron chi connectivity index (χ0n) is 13.5. The highest BCUT2D eigenvalue weighted by atomic mass is 127. The first-order chi connectivity index (χ1) is 12.6. The second-order valence-corrected chi connectivity index (χ2v) is 6.47. The van der Waals surface area contributed by atoms with Gasteiger partial charge in [0.25, 0.3) is 5.91 Å². The number of ether oxygens (including phenoxy) is 1. The quantitative estimate of drug-likeness (QED) is 0.444. The maximum absolute atomic E-state index is 11.8. The standard InChI is InChI=1S/C17H14IN5O3/c18-13-6-8-14(9-7-13)19-15(24)11-26-16(25)10-23-21-17(20-22-23)12-4-2-1-3-5-12/h1-9H,10-11H2,(H,19,24). The minimum Gasteiger partial charge on any atom is -0.454 e. The molecule has 0 fully saturated rings. The van der Waals surface area contributed by atoms with E-state index in [1.807, 2.05) is 42.5 Å². The average molecular weight is 463 g/mol. The van der Waals surface area contributed by atoms with Crippen molar-refractivity contribution in [2.75, 3.05) is 11.9 Å². The largest absolute Gasteiger partial charge is 0.454 e. The summed E-state index contributed by atoms with van der Waals surface area (Å²) in [7, 11) is 0. The molecule has 1 N–H and O–H groups in total. The Hall–Kier alpha value is -2.82. The zero-order valence-corrected chi connectivity index (χ0v) is 15.7. The van der Waals surface area contributed by atoms with Crippen molar-refractivity contribution in [1.29, 1.82) is 0 Å². The van der Waals surface area contributed by atoms with Gasteiger partial charge in [-0.2, -0.15) is 4.80 Å². The first-order valence-electron chi connectivity index (χ1n) is 7.64. The van der Waals surface area contributed by atoms with Crippen molar-refractivity contribution < 1.29 is 14.3 Å². The molecule has 0 radical (unpaired) electrons. The van der Waals surface area contributed by atoms with Crippen LogP contribution in [0.25, 0.3) is 11.4 Å². The predicted molar refractivity (Wildman–Crippen MR) is 102 cm³/mol. The number of nitrogens with zero attached hydrogens (tertiary/aromatic N) is 4. The van der Waals surface area contributed by atoms with Gasteiger partial charge in [0.15, 0.2) is 13.2 Å². The van der Waals surface area contributed by atoms with E-state index < -0.39 is 11.9 Å². The lowest BCUT2D eigenvalue weighted by Crippen LogP contribution is -2.23. The molecule has 1 heterocycles. The summed E-state index contributed by atoms with van der Waals surface area (Å²) in [5, 5.41) is 14.5. The van der Waals surface area contributed by atoms with Crippen molar-refractivity contribution in [1.82, 2.24) is 20.2 Å². The third-order valence-electron chi connectivity index (χ3n) is 3.25. The van der Waals surface area contributed by atoms with Gasteiger partial charge in [-0.15, -0.1) is 10.2 Å². The summed E-state index contributed by atoms with van der Waals surface area (Å²) < 4.78 is 6.00. The number of rotatable bonds is 6. The smallest absolute Gasteiger partial charge is 0.330 e. The first-order valence-corrected chi connectivity index (χ1v) is 8.72. The highest BCUT2D eigenvalue weighted by Gasteiger charge is 2.12. The second kappa shape index (κ2) is 8.52. The summed E-state index contributed by atoms with van der Waals surface area (Å²) in [6, 6.07) is 16.5. The Morgan fingerprint density at radius 3 is 2.54 bits per heavy atom. The molecule has 26 heavy (non-hydrogen) atoms. The van der Waals surface area contributed by atoms with Crippen LogP contribution in [0.5, 0.6) is 0 Å². The molecule has 0 unspecified atom stereocenters. The SMILES string of the molecule is O=C(COC(=O)Cn1nnc(-c2ccccc2)n1)Nc1ccc(I)cc1. The molecule has 0 atom stereocenters. The molecule has 0 aliphatic rings. The Bertz CT molecular complexity index is 896. The van der Waals surface area contributed by atoms with Gasteiger partial charge in [0.1, 0.15) is 0 Å². The minimum atomic E-state index is -0.625. The molecule has 2 aromatic carbocycles. The number of carbonyl (C=O) groups is 2. The monoisotopic (exact) mass is 463 g/mol. The minimum absolute atomic E-state index is 0.226. The fourth-order valence-corrected chi connectivity index (χ4v) is 2.41. The van der Waals surface area contributed by atoms with E-state index in [4.69, 9.17) is 4.74 Å². The molecule has 9 heteroatoms. The highest BCUT2D eigenvalue weighted by molar-refractivity contribution is 14.1. The van der Waals surface area contributed by atoms with E-state index in [0.717, 1.165) is 13.9 Å². The van der Waals surface area contributed by atoms with Crippen LogP contribution in [0.3, 0.4) is 0 Å². The van der Waals surface area contributed by atoms with Crippen LogP contribution in [0.15, 0.2) is 54.6 Å². The molecule has 0 bridgehead atoms. The molecule has 1 aromatic heterocycles. The van der Waals surface area contributed by atoms with Crippen LogP contribution in [-0.4, -0.2) is 38.7 Å². The summed E-state index contributed by atoms with van der Waals surface area (Å²) >= 11 is 2.17. The van der Waals surface area contributed by atoms with Crippen LogP contribution < -0.4 is 5.32 Å². The number of carbonyl (C=O) groups excluding carboxylic acids is 2. The molecular weight excluding hydrogens is 449 g/mol. The fraction of sp³-hybridized carbons (Fsp3) is 0.118. The van der Waals surface area contributed by atoms with Crippen LogP contribution in [0.4, 0.5) is 5.69 Å². The van der Waals surface area contributed by atoms with Crippen molar-refractivity contribution in [3.05, 3.63) is 58.2 Å². The molecule has 0 aliphatic heterocycles. The van der Waals surface area contributed by atoms with Crippen molar-refractivity contribution >= 4 is 40.2 Å². The third kappa shape index (κ3) is 5.09. The maximum Gasteiger partial charge on any atom is 0.330 e. The highest BCUT2D eigenvalue weighted by Crippen LogP contribution is 2.12. The van der Waals surface area contributed by atoms with Crippen LogP contribution >= 0.6 is 22.6 Å². The summed E-state index contributed by atoms with van der Waals surface area (Å²) in [6.07, 6.45) is 0. The van der Waals surface area contributed by atoms with Crippen LogP contribution in [0, 0.1) is 3.57 Å². The molecule has 1 amide bonds. The molecule has 132 valence electrons. The van der Waals surface area contributed by atoms with Crippen LogP contribution in [0.2, 0.25) is 0 Å². The lowest BCUT2D eigenvalue weighted by molar-refractivity contribution is -0.148. The third-order valence-corrected chi connectivity index (χ3v) is 3.97. The average Bonchev–Trinajstić information content (AvgIpc) is 3.11. The Kier molecular flexibility index (Phi) is 5.89. The summed E-state index contributed by atoms with van der Waals surface area (Å²) in [5.74, 6) is -0.634. The number of hydrogen-bond donors (Lipinski definition) is 1. The summed E-state index contributed by atoms with van der Waals surface area (Å²) in [4.78, 5) is 24.8. The fourth-order valence-electron chi connectivity index (χ4n) is 2.05. The molecule has 3 aromatic rings. The van der Waals surface area contributed by atoms with E-state index in [2.05, 4.69) is 43.3 Å². The number of aromatic nitrogens is 4. The van der Waals surface area contributed by atoms with E-state index in [-0.39, 0.29) is 13.2 Å². The molecule has 3 rings (SSSR count). The normalized spacial score (nSPS) is 10.3. The lowest BCUT2D eigenvalue weighted by Gasteiger charge is -2.06. The molecule has 0 spiro atoms. The van der Waals surface area contributed by atoms with Gasteiger partial charge in [-0.1, -0.05) is 30.3 Å². The second-order valence-electron chi connectivity index (χ2n) is 5.23. The molecule has 0 aliphatic carbocycles. The Morgan fingerprint density at radius 2 is 1.81 bits per heavy atom. The van der Waals surface area contributed by atoms with Crippen LogP contribution in [-0.2, 0) is 20.9 Å². The number of hydrogen-bond acceptors (Lipinski definition) is 6. The van der Waals surface area contributed by atoms with Gasteiger partial charge in [0.2, 0.25) is 5.82 Å². The number of esters is 1. The number of anilines is 1. The number of halogens is 1. The van der Waals surface area contributed by atoms with Gasteiger partial charge >= 0.3 is 5.97 Å². The topological polar surface area (TPSA) is 99.0 Å². The number of tetrazole rings is 1. The van der Waals surface area contributed by atoms with Crippen molar-refractivity contribution in [3.63, 3.8) is 0 Å². The van der Waals surface area contributed by atoms with Gasteiger partial charge in [-0.05, 0) is 52.1 Å². The number of amides is 1. The van der Waals surface area contributed by atoms with Crippen molar-refractivity contribution in [2.45, 2.75) is 6.54 Å². The van der Waals surface area contributed by atoms with E-state index in [1.54, 1.807) is 12.1 Å². The summed E-state index contributed by atoms with van der Waals surface area (Å²) in [6.45, 7) is -0.609. The van der Waals surface area contributed by atoms with Gasteiger partial charge in [0, 0.05) is 14.8 Å². The number of nitrogens with one attached hydrogen (secondary N) is 1. The van der Waals surface area contributed by atoms with Gasteiger partial charge < -0.3 is 10.1 Å². The van der Waals surface area contributed by atoms with Crippen molar-refractivity contribution in [2.24, 2.45) is 0 Å². The molecular formula is C17H14IN5O3. The van der Waals surface area contributed by atoms with Gasteiger partial charge in [0.05, 0.1) is 0 Å². The molecule has 0 saturated carbocycles. The zero-order chi connectivity index (χ0) is 18.4. The maximum atomic E-state index is 11.8. The van der Waals surface area contributed by atoms with E-state index in [1.165, 1.54) is 0 Å². The number of benzene rings is 2.